The Morgan fingerprint density at radius 1 is 0.522 bits per heavy atom. The monoisotopic (exact) mass is 585 g/mol. The maximum absolute atomic E-state index is 10.1. The van der Waals surface area contributed by atoms with E-state index < -0.39 is 0 Å². The van der Waals surface area contributed by atoms with Gasteiger partial charge in [-0.25, -0.2) is 4.98 Å². The largest absolute Gasteiger partial charge is 0.456 e. The van der Waals surface area contributed by atoms with Crippen molar-refractivity contribution >= 4 is 76.2 Å². The normalized spacial score (nSPS) is 11.9. The molecule has 0 atom stereocenters. The van der Waals surface area contributed by atoms with Crippen LogP contribution in [-0.2, 0) is 0 Å². The number of pyridine rings is 1. The first-order valence-electron chi connectivity index (χ1n) is 15.4. The molecule has 0 radical (unpaired) electrons. The molecule has 0 bridgehead atoms. The average Bonchev–Trinajstić information content (AvgIpc) is 3.66. The molecule has 0 spiro atoms. The van der Waals surface area contributed by atoms with Gasteiger partial charge in [-0.2, -0.15) is 5.26 Å². The van der Waals surface area contributed by atoms with E-state index >= 15 is 0 Å². The number of rotatable bonds is 2. The summed E-state index contributed by atoms with van der Waals surface area (Å²) < 4.78 is 8.61. The average molecular weight is 586 g/mol. The second-order valence-corrected chi connectivity index (χ2v) is 11.9. The molecule has 0 saturated heterocycles. The molecule has 212 valence electrons. The summed E-state index contributed by atoms with van der Waals surface area (Å²) in [6.45, 7) is 0. The number of hydrogen-bond donors (Lipinski definition) is 0. The van der Waals surface area contributed by atoms with Gasteiger partial charge >= 0.3 is 0 Å². The van der Waals surface area contributed by atoms with Gasteiger partial charge in [0.25, 0.3) is 0 Å². The molecule has 0 aliphatic heterocycles. The van der Waals surface area contributed by atoms with Crippen LogP contribution in [-0.4, -0.2) is 9.55 Å². The molecule has 0 fully saturated rings. The van der Waals surface area contributed by atoms with Crippen LogP contribution in [0.1, 0.15) is 5.56 Å². The summed E-state index contributed by atoms with van der Waals surface area (Å²) in [5, 5.41) is 20.3. The van der Waals surface area contributed by atoms with Gasteiger partial charge in [-0.1, -0.05) is 91.0 Å². The van der Waals surface area contributed by atoms with E-state index in [0.717, 1.165) is 66.2 Å². The summed E-state index contributed by atoms with van der Waals surface area (Å²) >= 11 is 0. The van der Waals surface area contributed by atoms with Crippen LogP contribution in [0.2, 0.25) is 0 Å². The number of furan rings is 1. The Balaban J connectivity index is 1.24. The molecule has 0 aliphatic carbocycles. The van der Waals surface area contributed by atoms with Crippen LogP contribution in [0.4, 0.5) is 0 Å². The highest BCUT2D eigenvalue weighted by Crippen LogP contribution is 2.41. The molecule has 0 amide bonds. The van der Waals surface area contributed by atoms with Crippen LogP contribution in [0.5, 0.6) is 0 Å². The maximum atomic E-state index is 10.1. The molecule has 3 heterocycles. The summed E-state index contributed by atoms with van der Waals surface area (Å²) in [6, 6.07) is 50.8. The molecule has 0 unspecified atom stereocenters. The smallest absolute Gasteiger partial charge is 0.139 e. The molecule has 10 aromatic rings. The van der Waals surface area contributed by atoms with Crippen LogP contribution in [0.15, 0.2) is 144 Å². The van der Waals surface area contributed by atoms with Crippen molar-refractivity contribution < 1.29 is 4.42 Å². The second-order valence-electron chi connectivity index (χ2n) is 11.9. The van der Waals surface area contributed by atoms with Crippen LogP contribution < -0.4 is 0 Å². The van der Waals surface area contributed by atoms with Crippen molar-refractivity contribution in [2.24, 2.45) is 0 Å². The number of nitriles is 1. The van der Waals surface area contributed by atoms with Crippen LogP contribution in [0, 0.1) is 11.3 Å². The number of fused-ring (bicyclic) bond motifs is 11. The predicted molar refractivity (Wildman–Crippen MR) is 189 cm³/mol. The van der Waals surface area contributed by atoms with E-state index in [1.807, 2.05) is 30.3 Å². The minimum Gasteiger partial charge on any atom is -0.456 e. The third-order valence-electron chi connectivity index (χ3n) is 9.40. The Kier molecular flexibility index (Phi) is 5.03. The van der Waals surface area contributed by atoms with Crippen LogP contribution in [0.3, 0.4) is 0 Å². The summed E-state index contributed by atoms with van der Waals surface area (Å²) in [7, 11) is 0. The Morgan fingerprint density at radius 2 is 1.20 bits per heavy atom. The van der Waals surface area contributed by atoms with Crippen molar-refractivity contribution in [2.45, 2.75) is 0 Å². The Hall–Kier alpha value is -6.44. The van der Waals surface area contributed by atoms with Crippen molar-refractivity contribution in [1.82, 2.24) is 9.55 Å². The Bertz CT molecular complexity index is 2940. The van der Waals surface area contributed by atoms with E-state index in [2.05, 4.69) is 120 Å². The summed E-state index contributed by atoms with van der Waals surface area (Å²) in [4.78, 5) is 5.06. The van der Waals surface area contributed by atoms with Crippen LogP contribution >= 0.6 is 0 Å². The topological polar surface area (TPSA) is 54.8 Å². The number of para-hydroxylation sites is 1. The number of benzene rings is 7. The molecule has 3 aromatic heterocycles. The zero-order valence-corrected chi connectivity index (χ0v) is 24.5. The van der Waals surface area contributed by atoms with Crippen molar-refractivity contribution in [3.63, 3.8) is 0 Å². The standard InChI is InChI=1S/C42H23N3O/c43-24-29-23-40(44-35-12-6-5-9-30(29)35)45-36-18-15-27(21-34(36)41-31-10-3-1-7-25(31)14-19-37(41)45)28-13-17-33-39(22-28)46-38-20-16-26-8-2-4-11-32(26)42(33)38/h1-23H. The highest BCUT2D eigenvalue weighted by molar-refractivity contribution is 6.22. The molecule has 0 aliphatic rings. The second kappa shape index (κ2) is 9.28. The molecule has 0 N–H and O–H groups in total. The molecule has 46 heavy (non-hydrogen) atoms. The lowest BCUT2D eigenvalue weighted by atomic mass is 9.98. The van der Waals surface area contributed by atoms with Gasteiger partial charge in [0.05, 0.1) is 28.2 Å². The fourth-order valence-electron chi connectivity index (χ4n) is 7.31. The Morgan fingerprint density at radius 3 is 2.02 bits per heavy atom. The van der Waals surface area contributed by atoms with Gasteiger partial charge in [-0.3, -0.25) is 4.57 Å². The van der Waals surface area contributed by atoms with Crippen LogP contribution in [0.25, 0.3) is 93.1 Å². The first kappa shape index (κ1) is 24.9. The first-order chi connectivity index (χ1) is 22.7. The first-order valence-corrected chi connectivity index (χ1v) is 15.4. The summed E-state index contributed by atoms with van der Waals surface area (Å²) in [5.74, 6) is 0.731. The van der Waals surface area contributed by atoms with E-state index in [9.17, 15) is 5.26 Å². The molecular weight excluding hydrogens is 562 g/mol. The van der Waals surface area contributed by atoms with E-state index in [4.69, 9.17) is 9.40 Å². The van der Waals surface area contributed by atoms with Gasteiger partial charge in [0.15, 0.2) is 0 Å². The molecular formula is C42H23N3O. The molecule has 7 aromatic carbocycles. The summed E-state index contributed by atoms with van der Waals surface area (Å²) in [5.41, 5.74) is 7.48. The van der Waals surface area contributed by atoms with E-state index in [-0.39, 0.29) is 0 Å². The molecule has 4 nitrogen and oxygen atoms in total. The van der Waals surface area contributed by atoms with Gasteiger partial charge in [0.2, 0.25) is 0 Å². The van der Waals surface area contributed by atoms with Crippen molar-refractivity contribution in [3.05, 3.63) is 145 Å². The van der Waals surface area contributed by atoms with Gasteiger partial charge in [-0.05, 0) is 81.2 Å². The predicted octanol–water partition coefficient (Wildman–Crippen LogP) is 11.1. The lowest BCUT2D eigenvalue weighted by Crippen LogP contribution is -1.99. The van der Waals surface area contributed by atoms with E-state index in [1.54, 1.807) is 0 Å². The van der Waals surface area contributed by atoms with Crippen molar-refractivity contribution in [2.75, 3.05) is 0 Å². The summed E-state index contributed by atoms with van der Waals surface area (Å²) in [6.07, 6.45) is 0. The minimum absolute atomic E-state index is 0.611. The zero-order chi connectivity index (χ0) is 30.4. The molecule has 0 saturated carbocycles. The minimum atomic E-state index is 0.611. The lowest BCUT2D eigenvalue weighted by Gasteiger charge is -2.10. The fraction of sp³-hybridized carbons (Fsp3) is 0. The quantitative estimate of drug-likeness (QED) is 0.203. The van der Waals surface area contributed by atoms with Gasteiger partial charge in [0.1, 0.15) is 17.0 Å². The van der Waals surface area contributed by atoms with Gasteiger partial charge < -0.3 is 4.42 Å². The Labute approximate surface area is 263 Å². The third kappa shape index (κ3) is 3.45. The SMILES string of the molecule is N#Cc1cc(-n2c3ccc(-c4ccc5c(c4)oc4ccc6ccccc6c45)cc3c3c4ccccc4ccc32)nc2ccccc12. The third-order valence-corrected chi connectivity index (χ3v) is 9.40. The van der Waals surface area contributed by atoms with E-state index in [0.29, 0.717) is 5.56 Å². The number of nitrogens with zero attached hydrogens (tertiary/aromatic N) is 3. The van der Waals surface area contributed by atoms with Gasteiger partial charge in [-0.15, -0.1) is 0 Å². The van der Waals surface area contributed by atoms with Gasteiger partial charge in [0, 0.05) is 26.9 Å². The zero-order valence-electron chi connectivity index (χ0n) is 24.5. The van der Waals surface area contributed by atoms with E-state index in [1.165, 1.54) is 26.9 Å². The molecule has 4 heteroatoms. The van der Waals surface area contributed by atoms with Crippen molar-refractivity contribution in [3.8, 4) is 23.0 Å². The highest BCUT2D eigenvalue weighted by atomic mass is 16.3. The number of aromatic nitrogens is 2. The maximum Gasteiger partial charge on any atom is 0.139 e. The van der Waals surface area contributed by atoms with Crippen molar-refractivity contribution in [1.29, 1.82) is 5.26 Å². The molecule has 10 rings (SSSR count). The lowest BCUT2D eigenvalue weighted by molar-refractivity contribution is 0.669. The number of hydrogen-bond acceptors (Lipinski definition) is 3. The fourth-order valence-corrected chi connectivity index (χ4v) is 7.31. The highest BCUT2D eigenvalue weighted by Gasteiger charge is 2.19.